The highest BCUT2D eigenvalue weighted by atomic mass is 32.2. The highest BCUT2D eigenvalue weighted by Gasteiger charge is 2.35. The summed E-state index contributed by atoms with van der Waals surface area (Å²) in [7, 11) is 0. The van der Waals surface area contributed by atoms with Crippen LogP contribution in [0.25, 0.3) is 0 Å². The summed E-state index contributed by atoms with van der Waals surface area (Å²) in [5.74, 6) is 3.08. The van der Waals surface area contributed by atoms with Gasteiger partial charge in [-0.3, -0.25) is 4.79 Å². The molecular weight excluding hydrogens is 268 g/mol. The van der Waals surface area contributed by atoms with E-state index < -0.39 is 0 Å². The van der Waals surface area contributed by atoms with Gasteiger partial charge in [-0.2, -0.15) is 11.8 Å². The Bertz CT molecular complexity index is 461. The van der Waals surface area contributed by atoms with E-state index in [1.54, 1.807) is 0 Å². The lowest BCUT2D eigenvalue weighted by atomic mass is 9.87. The maximum absolute atomic E-state index is 12.8. The van der Waals surface area contributed by atoms with E-state index in [0.717, 1.165) is 31.1 Å². The fourth-order valence-electron chi connectivity index (χ4n) is 2.95. The maximum Gasteiger partial charge on any atom is 0.226 e. The Balaban J connectivity index is 1.76. The van der Waals surface area contributed by atoms with Gasteiger partial charge in [-0.05, 0) is 24.6 Å². The van der Waals surface area contributed by atoms with Gasteiger partial charge in [0.25, 0.3) is 0 Å². The predicted molar refractivity (Wildman–Crippen MR) is 83.7 cm³/mol. The zero-order valence-electron chi connectivity index (χ0n) is 11.9. The molecule has 0 aromatic heterocycles. The summed E-state index contributed by atoms with van der Waals surface area (Å²) in [5, 5.41) is 3.27. The number of carbonyl (C=O) groups excluding carboxylic acids is 1. The third kappa shape index (κ3) is 2.72. The average Bonchev–Trinajstić information content (AvgIpc) is 2.45. The summed E-state index contributed by atoms with van der Waals surface area (Å²) in [6, 6.07) is 10.7. The number of hydrogen-bond donors (Lipinski definition) is 1. The van der Waals surface area contributed by atoms with E-state index in [0.29, 0.717) is 11.8 Å². The summed E-state index contributed by atoms with van der Waals surface area (Å²) in [4.78, 5) is 14.9. The van der Waals surface area contributed by atoms with Crippen molar-refractivity contribution in [3.8, 4) is 0 Å². The number of rotatable bonds is 3. The molecular formula is C16H22N2OS. The minimum absolute atomic E-state index is 0.144. The Morgan fingerprint density at radius 2 is 2.10 bits per heavy atom. The third-order valence-electron chi connectivity index (χ3n) is 4.51. The van der Waals surface area contributed by atoms with E-state index in [2.05, 4.69) is 41.4 Å². The van der Waals surface area contributed by atoms with Crippen molar-refractivity contribution in [3.05, 3.63) is 35.9 Å². The molecule has 1 aromatic carbocycles. The molecule has 2 atom stereocenters. The molecule has 2 fully saturated rings. The standard InChI is InChI=1S/C16H22N2OS/c1-12(14-9-17-10-14)16(19)18-7-8-20-11-15(18)13-5-3-2-4-6-13/h2-6,12,14-15,17H,7-11H2,1H3. The van der Waals surface area contributed by atoms with E-state index in [1.165, 1.54) is 5.56 Å². The lowest BCUT2D eigenvalue weighted by Crippen LogP contribution is -2.52. The van der Waals surface area contributed by atoms with Gasteiger partial charge in [0.1, 0.15) is 0 Å². The molecule has 20 heavy (non-hydrogen) atoms. The van der Waals surface area contributed by atoms with Crippen LogP contribution in [0.4, 0.5) is 0 Å². The highest BCUT2D eigenvalue weighted by Crippen LogP contribution is 2.32. The van der Waals surface area contributed by atoms with E-state index >= 15 is 0 Å². The number of benzene rings is 1. The topological polar surface area (TPSA) is 32.3 Å². The highest BCUT2D eigenvalue weighted by molar-refractivity contribution is 7.99. The molecule has 2 heterocycles. The minimum atomic E-state index is 0.144. The Hall–Kier alpha value is -1.00. The smallest absolute Gasteiger partial charge is 0.226 e. The molecule has 0 bridgehead atoms. The van der Waals surface area contributed by atoms with Crippen LogP contribution in [0.3, 0.4) is 0 Å². The fourth-order valence-corrected chi connectivity index (χ4v) is 4.03. The van der Waals surface area contributed by atoms with E-state index in [-0.39, 0.29) is 12.0 Å². The Morgan fingerprint density at radius 3 is 2.75 bits per heavy atom. The first-order valence-corrected chi connectivity index (χ1v) is 8.56. The molecule has 4 heteroatoms. The summed E-state index contributed by atoms with van der Waals surface area (Å²) in [6.07, 6.45) is 0. The van der Waals surface area contributed by atoms with Crippen LogP contribution >= 0.6 is 11.8 Å². The maximum atomic E-state index is 12.8. The fraction of sp³-hybridized carbons (Fsp3) is 0.562. The molecule has 2 unspecified atom stereocenters. The monoisotopic (exact) mass is 290 g/mol. The number of nitrogens with zero attached hydrogens (tertiary/aromatic N) is 1. The number of carbonyl (C=O) groups is 1. The lowest BCUT2D eigenvalue weighted by Gasteiger charge is -2.40. The first kappa shape index (κ1) is 14.0. The van der Waals surface area contributed by atoms with Gasteiger partial charge in [0, 0.05) is 24.0 Å². The average molecular weight is 290 g/mol. The number of hydrogen-bond acceptors (Lipinski definition) is 3. The summed E-state index contributed by atoms with van der Waals surface area (Å²) >= 11 is 1.95. The normalized spacial score (nSPS) is 25.1. The van der Waals surface area contributed by atoms with Crippen molar-refractivity contribution in [1.82, 2.24) is 10.2 Å². The van der Waals surface area contributed by atoms with Gasteiger partial charge in [0.05, 0.1) is 6.04 Å². The predicted octanol–water partition coefficient (Wildman–Crippen LogP) is 2.16. The van der Waals surface area contributed by atoms with Gasteiger partial charge in [-0.15, -0.1) is 0 Å². The SMILES string of the molecule is CC(C(=O)N1CCSCC1c1ccccc1)C1CNC1. The van der Waals surface area contributed by atoms with Crippen LogP contribution in [0.15, 0.2) is 30.3 Å². The quantitative estimate of drug-likeness (QED) is 0.926. The van der Waals surface area contributed by atoms with E-state index in [1.807, 2.05) is 17.8 Å². The molecule has 1 aromatic rings. The Kier molecular flexibility index (Phi) is 4.32. The molecule has 2 aliphatic rings. The zero-order chi connectivity index (χ0) is 13.9. The largest absolute Gasteiger partial charge is 0.334 e. The molecule has 0 spiro atoms. The first-order chi connectivity index (χ1) is 9.77. The van der Waals surface area contributed by atoms with Crippen LogP contribution in [0, 0.1) is 11.8 Å². The molecule has 108 valence electrons. The molecule has 0 radical (unpaired) electrons. The molecule has 1 N–H and O–H groups in total. The number of nitrogens with one attached hydrogen (secondary N) is 1. The number of thioether (sulfide) groups is 1. The molecule has 3 rings (SSSR count). The van der Waals surface area contributed by atoms with E-state index in [9.17, 15) is 4.79 Å². The molecule has 3 nitrogen and oxygen atoms in total. The van der Waals surface area contributed by atoms with Crippen molar-refractivity contribution in [3.63, 3.8) is 0 Å². The van der Waals surface area contributed by atoms with Gasteiger partial charge in [0.2, 0.25) is 5.91 Å². The summed E-state index contributed by atoms with van der Waals surface area (Å²) < 4.78 is 0. The van der Waals surface area contributed by atoms with Crippen molar-refractivity contribution < 1.29 is 4.79 Å². The first-order valence-electron chi connectivity index (χ1n) is 7.41. The van der Waals surface area contributed by atoms with Crippen molar-refractivity contribution in [1.29, 1.82) is 0 Å². The number of amides is 1. The van der Waals surface area contributed by atoms with Crippen LogP contribution < -0.4 is 5.32 Å². The van der Waals surface area contributed by atoms with Crippen LogP contribution in [-0.2, 0) is 4.79 Å². The second-order valence-electron chi connectivity index (χ2n) is 5.74. The zero-order valence-corrected chi connectivity index (χ0v) is 12.7. The second-order valence-corrected chi connectivity index (χ2v) is 6.89. The summed E-state index contributed by atoms with van der Waals surface area (Å²) in [5.41, 5.74) is 1.27. The Labute approximate surface area is 125 Å². The second kappa shape index (κ2) is 6.19. The van der Waals surface area contributed by atoms with Crippen LogP contribution in [0.2, 0.25) is 0 Å². The van der Waals surface area contributed by atoms with Crippen LogP contribution in [0.5, 0.6) is 0 Å². The molecule has 2 saturated heterocycles. The van der Waals surface area contributed by atoms with Gasteiger partial charge in [0.15, 0.2) is 0 Å². The van der Waals surface area contributed by atoms with Crippen LogP contribution in [0.1, 0.15) is 18.5 Å². The van der Waals surface area contributed by atoms with Crippen molar-refractivity contribution in [2.24, 2.45) is 11.8 Å². The van der Waals surface area contributed by atoms with Crippen molar-refractivity contribution in [2.45, 2.75) is 13.0 Å². The van der Waals surface area contributed by atoms with Gasteiger partial charge < -0.3 is 10.2 Å². The minimum Gasteiger partial charge on any atom is -0.334 e. The molecule has 2 aliphatic heterocycles. The lowest BCUT2D eigenvalue weighted by molar-refractivity contribution is -0.139. The molecule has 0 saturated carbocycles. The molecule has 1 amide bonds. The third-order valence-corrected chi connectivity index (χ3v) is 5.53. The van der Waals surface area contributed by atoms with Crippen molar-refractivity contribution in [2.75, 3.05) is 31.1 Å². The van der Waals surface area contributed by atoms with Gasteiger partial charge >= 0.3 is 0 Å². The van der Waals surface area contributed by atoms with Gasteiger partial charge in [-0.1, -0.05) is 37.3 Å². The van der Waals surface area contributed by atoms with E-state index in [4.69, 9.17) is 0 Å². The Morgan fingerprint density at radius 1 is 1.35 bits per heavy atom. The van der Waals surface area contributed by atoms with Gasteiger partial charge in [-0.25, -0.2) is 0 Å². The van der Waals surface area contributed by atoms with Crippen molar-refractivity contribution >= 4 is 17.7 Å². The summed E-state index contributed by atoms with van der Waals surface area (Å²) in [6.45, 7) is 4.96. The molecule has 0 aliphatic carbocycles. The van der Waals surface area contributed by atoms with Crippen LogP contribution in [-0.4, -0.2) is 41.9 Å².